The van der Waals surface area contributed by atoms with Crippen LogP contribution in [-0.4, -0.2) is 54.3 Å². The molecule has 2 aromatic heterocycles. The molecule has 0 saturated carbocycles. The number of hydrogen-bond donors (Lipinski definition) is 0. The Bertz CT molecular complexity index is 1040. The predicted octanol–water partition coefficient (Wildman–Crippen LogP) is 4.00. The van der Waals surface area contributed by atoms with Gasteiger partial charge in [-0.05, 0) is 65.7 Å². The van der Waals surface area contributed by atoms with E-state index in [2.05, 4.69) is 41.7 Å². The number of tetrazole rings is 1. The molecular formula is C18H20BrFN6O3S2. The highest BCUT2D eigenvalue weighted by molar-refractivity contribution is 9.10. The van der Waals surface area contributed by atoms with E-state index in [4.69, 9.17) is 9.47 Å². The third kappa shape index (κ3) is 7.21. The first-order valence-corrected chi connectivity index (χ1v) is 11.8. The van der Waals surface area contributed by atoms with E-state index in [1.807, 2.05) is 0 Å². The molecule has 0 atom stereocenters. The predicted molar refractivity (Wildman–Crippen MR) is 118 cm³/mol. The van der Waals surface area contributed by atoms with Gasteiger partial charge in [0, 0.05) is 11.8 Å². The smallest absolute Gasteiger partial charge is 0.328 e. The van der Waals surface area contributed by atoms with E-state index < -0.39 is 11.6 Å². The standard InChI is InChI=1S/C18H20BrFN6O3S2/c1-18(2,3)29-14(27)10-26-15(21-24-25-26)16-22-23-17(31-16)30-8-4-7-28-13-9-11(20)5-6-12(13)19/h5-6,9H,4,7-8,10H2,1-3H3. The molecule has 9 nitrogen and oxygen atoms in total. The summed E-state index contributed by atoms with van der Waals surface area (Å²) in [5, 5.41) is 20.2. The normalized spacial score (nSPS) is 11.5. The molecule has 0 N–H and O–H groups in total. The zero-order valence-corrected chi connectivity index (χ0v) is 20.3. The van der Waals surface area contributed by atoms with E-state index >= 15 is 0 Å². The Hall–Kier alpha value is -2.12. The van der Waals surface area contributed by atoms with E-state index in [-0.39, 0.29) is 12.4 Å². The van der Waals surface area contributed by atoms with Crippen LogP contribution in [0.25, 0.3) is 10.8 Å². The van der Waals surface area contributed by atoms with Gasteiger partial charge in [0.25, 0.3) is 0 Å². The van der Waals surface area contributed by atoms with Crippen molar-refractivity contribution in [1.82, 2.24) is 30.4 Å². The number of benzene rings is 1. The van der Waals surface area contributed by atoms with Crippen molar-refractivity contribution in [2.45, 2.75) is 43.7 Å². The van der Waals surface area contributed by atoms with Crippen LogP contribution in [0.2, 0.25) is 0 Å². The lowest BCUT2D eigenvalue weighted by Gasteiger charge is -2.19. The second kappa shape index (κ2) is 10.5. The number of halogens is 2. The lowest BCUT2D eigenvalue weighted by atomic mass is 10.2. The van der Waals surface area contributed by atoms with Gasteiger partial charge in [0.2, 0.25) is 5.82 Å². The number of hydrogen-bond acceptors (Lipinski definition) is 10. The number of carbonyl (C=O) groups excluding carboxylic acids is 1. The van der Waals surface area contributed by atoms with Crippen molar-refractivity contribution < 1.29 is 18.7 Å². The molecule has 3 rings (SSSR count). The van der Waals surface area contributed by atoms with Gasteiger partial charge in [-0.1, -0.05) is 23.1 Å². The van der Waals surface area contributed by atoms with Gasteiger partial charge < -0.3 is 9.47 Å². The minimum atomic E-state index is -0.591. The Labute approximate surface area is 194 Å². The lowest BCUT2D eigenvalue weighted by molar-refractivity contribution is -0.155. The van der Waals surface area contributed by atoms with Gasteiger partial charge in [-0.3, -0.25) is 4.79 Å². The highest BCUT2D eigenvalue weighted by Crippen LogP contribution is 2.29. The first-order valence-electron chi connectivity index (χ1n) is 9.24. The van der Waals surface area contributed by atoms with Crippen molar-refractivity contribution in [2.75, 3.05) is 12.4 Å². The average molecular weight is 531 g/mol. The van der Waals surface area contributed by atoms with Crippen molar-refractivity contribution in [3.63, 3.8) is 0 Å². The van der Waals surface area contributed by atoms with Crippen molar-refractivity contribution in [1.29, 1.82) is 0 Å². The van der Waals surface area contributed by atoms with E-state index in [0.717, 1.165) is 16.5 Å². The summed E-state index contributed by atoms with van der Waals surface area (Å²) >= 11 is 6.18. The van der Waals surface area contributed by atoms with E-state index in [0.29, 0.717) is 27.7 Å². The van der Waals surface area contributed by atoms with Gasteiger partial charge in [0.05, 0.1) is 11.1 Å². The molecule has 2 heterocycles. The molecule has 0 unspecified atom stereocenters. The van der Waals surface area contributed by atoms with Crippen molar-refractivity contribution in [3.05, 3.63) is 28.5 Å². The summed E-state index contributed by atoms with van der Waals surface area (Å²) in [6.07, 6.45) is 0.735. The number of aromatic nitrogens is 6. The SMILES string of the molecule is CC(C)(C)OC(=O)Cn1nnnc1-c1nnc(SCCCOc2cc(F)ccc2Br)s1. The van der Waals surface area contributed by atoms with Crippen LogP contribution in [-0.2, 0) is 16.1 Å². The van der Waals surface area contributed by atoms with Crippen LogP contribution in [0, 0.1) is 5.82 Å². The van der Waals surface area contributed by atoms with Gasteiger partial charge in [-0.2, -0.15) is 0 Å². The van der Waals surface area contributed by atoms with E-state index in [1.54, 1.807) is 26.8 Å². The number of thioether (sulfide) groups is 1. The van der Waals surface area contributed by atoms with E-state index in [9.17, 15) is 9.18 Å². The second-order valence-corrected chi connectivity index (χ2v) is 10.4. The number of nitrogens with zero attached hydrogens (tertiary/aromatic N) is 6. The van der Waals surface area contributed by atoms with Crippen molar-refractivity contribution in [2.24, 2.45) is 0 Å². The van der Waals surface area contributed by atoms with Crippen LogP contribution in [0.3, 0.4) is 0 Å². The minimum absolute atomic E-state index is 0.116. The fourth-order valence-electron chi connectivity index (χ4n) is 2.31. The van der Waals surface area contributed by atoms with Gasteiger partial charge in [0.15, 0.2) is 9.35 Å². The molecule has 1 aromatic carbocycles. The number of ether oxygens (including phenoxy) is 2. The van der Waals surface area contributed by atoms with Crippen LogP contribution < -0.4 is 4.74 Å². The molecule has 0 bridgehead atoms. The summed E-state index contributed by atoms with van der Waals surface area (Å²) in [6, 6.07) is 4.32. The van der Waals surface area contributed by atoms with Gasteiger partial charge in [-0.15, -0.1) is 15.3 Å². The Morgan fingerprint density at radius 2 is 2.10 bits per heavy atom. The monoisotopic (exact) mass is 530 g/mol. The summed E-state index contributed by atoms with van der Waals surface area (Å²) in [4.78, 5) is 12.0. The summed E-state index contributed by atoms with van der Waals surface area (Å²) in [5.74, 6) is 0.785. The Balaban J connectivity index is 1.49. The highest BCUT2D eigenvalue weighted by Gasteiger charge is 2.21. The topological polar surface area (TPSA) is 105 Å². The number of rotatable bonds is 9. The molecule has 0 aliphatic heterocycles. The Morgan fingerprint density at radius 3 is 2.87 bits per heavy atom. The van der Waals surface area contributed by atoms with Gasteiger partial charge >= 0.3 is 5.97 Å². The summed E-state index contributed by atoms with van der Waals surface area (Å²) in [5.41, 5.74) is -0.591. The molecule has 13 heteroatoms. The molecule has 0 radical (unpaired) electrons. The third-order valence-corrected chi connectivity index (χ3v) is 6.29. The quantitative estimate of drug-likeness (QED) is 0.230. The van der Waals surface area contributed by atoms with Crippen LogP contribution in [0.1, 0.15) is 27.2 Å². The number of esters is 1. The molecule has 0 spiro atoms. The third-order valence-electron chi connectivity index (χ3n) is 3.49. The van der Waals surface area contributed by atoms with Crippen molar-refractivity contribution in [3.8, 4) is 16.6 Å². The van der Waals surface area contributed by atoms with Gasteiger partial charge in [-0.25, -0.2) is 9.07 Å². The van der Waals surface area contributed by atoms with E-state index in [1.165, 1.54) is 39.9 Å². The molecule has 3 aromatic rings. The molecule has 166 valence electrons. The molecule has 0 amide bonds. The zero-order valence-electron chi connectivity index (χ0n) is 17.0. The average Bonchev–Trinajstić information content (AvgIpc) is 3.31. The molecule has 31 heavy (non-hydrogen) atoms. The highest BCUT2D eigenvalue weighted by atomic mass is 79.9. The Morgan fingerprint density at radius 1 is 1.29 bits per heavy atom. The number of carbonyl (C=O) groups is 1. The lowest BCUT2D eigenvalue weighted by Crippen LogP contribution is -2.27. The van der Waals surface area contributed by atoms with Crippen LogP contribution >= 0.6 is 39.0 Å². The maximum Gasteiger partial charge on any atom is 0.328 e. The molecule has 0 aliphatic carbocycles. The molecule has 0 fully saturated rings. The largest absolute Gasteiger partial charge is 0.492 e. The first kappa shape index (κ1) is 23.5. The van der Waals surface area contributed by atoms with Crippen molar-refractivity contribution >= 4 is 45.0 Å². The van der Waals surface area contributed by atoms with Crippen LogP contribution in [0.4, 0.5) is 4.39 Å². The van der Waals surface area contributed by atoms with Crippen LogP contribution in [0.5, 0.6) is 5.75 Å². The maximum absolute atomic E-state index is 13.3. The molecule has 0 aliphatic rings. The maximum atomic E-state index is 13.3. The summed E-state index contributed by atoms with van der Waals surface area (Å²) < 4.78 is 27.0. The van der Waals surface area contributed by atoms with Crippen LogP contribution in [0.15, 0.2) is 27.0 Å². The second-order valence-electron chi connectivity index (χ2n) is 7.24. The zero-order chi connectivity index (χ0) is 22.4. The summed E-state index contributed by atoms with van der Waals surface area (Å²) in [7, 11) is 0. The summed E-state index contributed by atoms with van der Waals surface area (Å²) in [6.45, 7) is 5.70. The molecular weight excluding hydrogens is 511 g/mol. The van der Waals surface area contributed by atoms with Gasteiger partial charge in [0.1, 0.15) is 23.7 Å². The first-order chi connectivity index (χ1) is 14.7. The molecule has 0 saturated heterocycles. The fourth-order valence-corrected chi connectivity index (χ4v) is 4.49. The fraction of sp³-hybridized carbons (Fsp3) is 0.444. The Kier molecular flexibility index (Phi) is 7.94. The minimum Gasteiger partial charge on any atom is -0.492 e.